The monoisotopic (exact) mass is 412 g/mol. The van der Waals surface area contributed by atoms with Crippen molar-refractivity contribution in [2.45, 2.75) is 43.0 Å². The third-order valence-corrected chi connectivity index (χ3v) is 8.38. The first-order chi connectivity index (χ1) is 13.8. The highest BCUT2D eigenvalue weighted by Crippen LogP contribution is 2.46. The highest BCUT2D eigenvalue weighted by Gasteiger charge is 2.48. The Morgan fingerprint density at radius 3 is 2.79 bits per heavy atom. The van der Waals surface area contributed by atoms with Gasteiger partial charge < -0.3 is 10.2 Å². The highest BCUT2D eigenvalue weighted by atomic mass is 32.2. The van der Waals surface area contributed by atoms with Gasteiger partial charge in [0.25, 0.3) is 10.0 Å². The summed E-state index contributed by atoms with van der Waals surface area (Å²) in [6, 6.07) is 11.2. The summed E-state index contributed by atoms with van der Waals surface area (Å²) < 4.78 is 29.3. The van der Waals surface area contributed by atoms with Crippen LogP contribution in [0.25, 0.3) is 0 Å². The Labute approximate surface area is 171 Å². The van der Waals surface area contributed by atoms with Gasteiger partial charge in [-0.25, -0.2) is 8.42 Å². The summed E-state index contributed by atoms with van der Waals surface area (Å²) in [7, 11) is -1.51. The fourth-order valence-corrected chi connectivity index (χ4v) is 6.89. The van der Waals surface area contributed by atoms with Crippen LogP contribution in [-0.2, 0) is 21.2 Å². The van der Waals surface area contributed by atoms with Crippen LogP contribution < -0.4 is 14.5 Å². The molecule has 5 rings (SSSR count). The number of likely N-dealkylation sites (N-methyl/N-ethyl adjacent to an activating group) is 1. The molecule has 6 nitrogen and oxygen atoms in total. The van der Waals surface area contributed by atoms with Crippen LogP contribution >= 0.6 is 0 Å². The van der Waals surface area contributed by atoms with Gasteiger partial charge in [0.2, 0.25) is 5.91 Å². The molecule has 2 aromatic rings. The van der Waals surface area contributed by atoms with Gasteiger partial charge in [0.1, 0.15) is 0 Å². The van der Waals surface area contributed by atoms with Crippen LogP contribution in [0.15, 0.2) is 41.3 Å². The Hall–Kier alpha value is -2.38. The minimum absolute atomic E-state index is 0.0198. The first-order valence-electron chi connectivity index (χ1n) is 10.2. The summed E-state index contributed by atoms with van der Waals surface area (Å²) in [5, 5.41) is 2.83. The van der Waals surface area contributed by atoms with Gasteiger partial charge in [0.05, 0.1) is 42.7 Å². The molecule has 2 N–H and O–H groups in total. The number of rotatable bonds is 2. The number of sulfonamides is 1. The zero-order valence-corrected chi connectivity index (χ0v) is 17.6. The van der Waals surface area contributed by atoms with Crippen LogP contribution in [0.3, 0.4) is 0 Å². The Bertz CT molecular complexity index is 1110. The van der Waals surface area contributed by atoms with Gasteiger partial charge in [-0.05, 0) is 48.7 Å². The number of benzene rings is 2. The number of anilines is 2. The van der Waals surface area contributed by atoms with Crippen molar-refractivity contribution in [1.29, 1.82) is 0 Å². The van der Waals surface area contributed by atoms with E-state index in [9.17, 15) is 13.2 Å². The number of carbonyl (C=O) groups excluding carboxylic acids is 1. The third-order valence-electron chi connectivity index (χ3n) is 6.55. The van der Waals surface area contributed by atoms with E-state index in [4.69, 9.17) is 0 Å². The molecule has 3 atom stereocenters. The van der Waals surface area contributed by atoms with Crippen LogP contribution in [-0.4, -0.2) is 40.5 Å². The summed E-state index contributed by atoms with van der Waals surface area (Å²) in [6.45, 7) is 3.98. The van der Waals surface area contributed by atoms with Crippen LogP contribution in [0.5, 0.6) is 0 Å². The van der Waals surface area contributed by atoms with E-state index in [0.717, 1.165) is 47.6 Å². The van der Waals surface area contributed by atoms with Crippen LogP contribution in [0.1, 0.15) is 35.4 Å². The van der Waals surface area contributed by atoms with Crippen molar-refractivity contribution in [3.63, 3.8) is 0 Å². The molecule has 1 unspecified atom stereocenters. The Balaban J connectivity index is 1.60. The van der Waals surface area contributed by atoms with Gasteiger partial charge in [0.15, 0.2) is 0 Å². The Kier molecular flexibility index (Phi) is 4.22. The second-order valence-electron chi connectivity index (χ2n) is 8.60. The number of piperidine rings is 1. The molecule has 0 aromatic heterocycles. The molecule has 0 spiro atoms. The first-order valence-corrected chi connectivity index (χ1v) is 11.7. The number of carbonyl (C=O) groups is 1. The molecule has 152 valence electrons. The molecule has 0 saturated carbocycles. The number of hydrogen-bond acceptors (Lipinski definition) is 3. The van der Waals surface area contributed by atoms with E-state index in [1.165, 1.54) is 4.90 Å². The number of likely N-dealkylation sites (tertiary alicyclic amines) is 1. The van der Waals surface area contributed by atoms with Gasteiger partial charge in [-0.3, -0.25) is 9.10 Å². The molecular formula is C22H26N3O3S+. The number of nitrogens with one attached hydrogen (secondary N) is 2. The largest absolute Gasteiger partial charge is 0.337 e. The highest BCUT2D eigenvalue weighted by molar-refractivity contribution is 7.92. The maximum absolute atomic E-state index is 13.8. The maximum atomic E-state index is 13.8. The molecule has 1 saturated heterocycles. The second kappa shape index (κ2) is 6.57. The molecule has 1 amide bonds. The second-order valence-corrected chi connectivity index (χ2v) is 10.4. The molecule has 0 aliphatic carbocycles. The topological polar surface area (TPSA) is 70.9 Å². The van der Waals surface area contributed by atoms with Crippen molar-refractivity contribution in [3.05, 3.63) is 53.1 Å². The van der Waals surface area contributed by atoms with Gasteiger partial charge in [-0.15, -0.1) is 0 Å². The number of fused-ring (bicyclic) bond motifs is 4. The lowest BCUT2D eigenvalue weighted by atomic mass is 9.89. The zero-order valence-electron chi connectivity index (χ0n) is 16.7. The Morgan fingerprint density at radius 2 is 1.97 bits per heavy atom. The van der Waals surface area contributed by atoms with Gasteiger partial charge in [-0.2, -0.15) is 0 Å². The lowest BCUT2D eigenvalue weighted by Crippen LogP contribution is -3.11. The fraction of sp³-hybridized carbons (Fsp3) is 0.409. The SMILES string of the molecule is Cc1ccc2c(c1)[C@@H]1C[NH+](C)CC[C@@H]1N2S(=O)(=O)c1ccc2c(c1)CCC(=O)N2. The van der Waals surface area contributed by atoms with Crippen LogP contribution in [0.2, 0.25) is 0 Å². The zero-order chi connectivity index (χ0) is 20.3. The molecule has 2 aromatic carbocycles. The van der Waals surface area contributed by atoms with Crippen molar-refractivity contribution < 1.29 is 18.1 Å². The van der Waals surface area contributed by atoms with Gasteiger partial charge in [0, 0.05) is 18.5 Å². The molecule has 7 heteroatoms. The number of aryl methyl sites for hydroxylation is 2. The summed E-state index contributed by atoms with van der Waals surface area (Å²) in [5.41, 5.74) is 4.75. The fourth-order valence-electron chi connectivity index (χ4n) is 5.10. The molecule has 0 radical (unpaired) electrons. The number of nitrogens with zero attached hydrogens (tertiary/aromatic N) is 1. The predicted octanol–water partition coefficient (Wildman–Crippen LogP) is 1.46. The summed E-state index contributed by atoms with van der Waals surface area (Å²) >= 11 is 0. The van der Waals surface area contributed by atoms with Gasteiger partial charge in [-0.1, -0.05) is 17.7 Å². The summed E-state index contributed by atoms with van der Waals surface area (Å²) in [5.74, 6) is 0.207. The Morgan fingerprint density at radius 1 is 1.14 bits per heavy atom. The van der Waals surface area contributed by atoms with E-state index < -0.39 is 10.0 Å². The van der Waals surface area contributed by atoms with Crippen molar-refractivity contribution in [2.75, 3.05) is 29.8 Å². The first kappa shape index (κ1) is 18.6. The van der Waals surface area contributed by atoms with E-state index in [1.54, 1.807) is 22.5 Å². The molecular weight excluding hydrogens is 386 g/mol. The third kappa shape index (κ3) is 2.95. The van der Waals surface area contributed by atoms with Crippen molar-refractivity contribution in [1.82, 2.24) is 0 Å². The van der Waals surface area contributed by atoms with Gasteiger partial charge >= 0.3 is 0 Å². The molecule has 1 fully saturated rings. The van der Waals surface area contributed by atoms with E-state index in [2.05, 4.69) is 25.4 Å². The van der Waals surface area contributed by atoms with E-state index in [0.29, 0.717) is 17.7 Å². The smallest absolute Gasteiger partial charge is 0.264 e. The number of amides is 1. The predicted molar refractivity (Wildman–Crippen MR) is 112 cm³/mol. The van der Waals surface area contributed by atoms with Crippen LogP contribution in [0, 0.1) is 6.92 Å². The summed E-state index contributed by atoms with van der Waals surface area (Å²) in [4.78, 5) is 13.4. The molecule has 3 aliphatic heterocycles. The maximum Gasteiger partial charge on any atom is 0.264 e. The summed E-state index contributed by atoms with van der Waals surface area (Å²) in [6.07, 6.45) is 1.81. The lowest BCUT2D eigenvalue weighted by Gasteiger charge is -2.34. The molecule has 0 bridgehead atoms. The number of hydrogen-bond donors (Lipinski definition) is 2. The molecule has 29 heavy (non-hydrogen) atoms. The normalized spacial score (nSPS) is 25.8. The molecule has 3 heterocycles. The van der Waals surface area contributed by atoms with E-state index >= 15 is 0 Å². The van der Waals surface area contributed by atoms with Crippen molar-refractivity contribution in [2.24, 2.45) is 0 Å². The minimum atomic E-state index is -3.69. The van der Waals surface area contributed by atoms with Crippen molar-refractivity contribution in [3.8, 4) is 0 Å². The standard InChI is InChI=1S/C22H25N3O3S/c1-14-3-7-20-17(11-14)18-13-24(2)10-9-21(18)25(20)29(27,28)16-5-6-19-15(12-16)4-8-22(26)23-19/h3,5-7,11-12,18,21H,4,8-10,13H2,1-2H3,(H,23,26)/p+1/t18-,21-/m0/s1. The average molecular weight is 413 g/mol. The van der Waals surface area contributed by atoms with Crippen molar-refractivity contribution >= 4 is 27.3 Å². The molecule has 3 aliphatic rings. The van der Waals surface area contributed by atoms with E-state index in [1.807, 2.05) is 12.1 Å². The lowest BCUT2D eigenvalue weighted by molar-refractivity contribution is -0.886. The van der Waals surface area contributed by atoms with Crippen LogP contribution in [0.4, 0.5) is 11.4 Å². The number of quaternary nitrogens is 1. The quantitative estimate of drug-likeness (QED) is 0.785. The van der Waals surface area contributed by atoms with E-state index in [-0.39, 0.29) is 17.9 Å². The average Bonchev–Trinajstić information content (AvgIpc) is 3.01. The minimum Gasteiger partial charge on any atom is -0.337 e.